The van der Waals surface area contributed by atoms with Crippen molar-refractivity contribution in [2.75, 3.05) is 18.0 Å². The number of aryl methyl sites for hydroxylation is 1. The second kappa shape index (κ2) is 12.6. The molecule has 3 rings (SSSR count). The third kappa shape index (κ3) is 7.17. The molecule has 156 valence electrons. The zero-order valence-electron chi connectivity index (χ0n) is 18.0. The molecule has 0 saturated heterocycles. The molecule has 0 radical (unpaired) electrons. The molecular weight excluding hydrogens is 476 g/mol. The van der Waals surface area contributed by atoms with E-state index in [1.54, 1.807) is 0 Å². The Bertz CT molecular complexity index is 681. The molecular formula is C23H32Cl2N2Ru. The van der Waals surface area contributed by atoms with Gasteiger partial charge in [0.2, 0.25) is 0 Å². The number of nitrogens with zero attached hydrogens (tertiary/aromatic N) is 2. The van der Waals surface area contributed by atoms with Gasteiger partial charge in [0, 0.05) is 18.8 Å². The third-order valence-electron chi connectivity index (χ3n) is 5.65. The van der Waals surface area contributed by atoms with Crippen LogP contribution in [0.25, 0.3) is 0 Å². The molecule has 0 unspecified atom stereocenters. The summed E-state index contributed by atoms with van der Waals surface area (Å²) in [5.41, 5.74) is 11.3. The van der Waals surface area contributed by atoms with Crippen LogP contribution in [0.5, 0.6) is 0 Å². The van der Waals surface area contributed by atoms with Crippen LogP contribution >= 0.6 is 19.4 Å². The van der Waals surface area contributed by atoms with Gasteiger partial charge in [-0.25, -0.2) is 0 Å². The Morgan fingerprint density at radius 1 is 0.750 bits per heavy atom. The zero-order valence-corrected chi connectivity index (χ0v) is 21.3. The Kier molecular flexibility index (Phi) is 11.3. The Balaban J connectivity index is 0.000000247. The van der Waals surface area contributed by atoms with E-state index in [2.05, 4.69) is 82.6 Å². The quantitative estimate of drug-likeness (QED) is 0.374. The Morgan fingerprint density at radius 3 is 1.46 bits per heavy atom. The van der Waals surface area contributed by atoms with Crippen molar-refractivity contribution < 1.29 is 15.1 Å². The van der Waals surface area contributed by atoms with Gasteiger partial charge in [-0.15, -0.1) is 0 Å². The summed E-state index contributed by atoms with van der Waals surface area (Å²) >= 11 is -0.346. The van der Waals surface area contributed by atoms with Crippen LogP contribution in [-0.2, 0) is 15.1 Å². The van der Waals surface area contributed by atoms with E-state index in [1.165, 1.54) is 44.6 Å². The topological polar surface area (TPSA) is 15.6 Å². The summed E-state index contributed by atoms with van der Waals surface area (Å²) in [5, 5.41) is 0. The van der Waals surface area contributed by atoms with Crippen molar-refractivity contribution in [1.82, 2.24) is 0 Å². The van der Waals surface area contributed by atoms with Crippen molar-refractivity contribution in [3.05, 3.63) is 63.2 Å². The van der Waals surface area contributed by atoms with Crippen LogP contribution in [0.3, 0.4) is 0 Å². The number of aliphatic imine (C=N–C) groups is 1. The van der Waals surface area contributed by atoms with Gasteiger partial charge in [-0.05, 0) is 100 Å². The fourth-order valence-corrected chi connectivity index (χ4v) is 3.17. The first-order valence-corrected chi connectivity index (χ1v) is 13.9. The standard InChI is InChI=1S/C12H18.C11H14N2.2ClH.Ru/c1-7-8(2)10(4)12(6)11(5)9(7)3;1-10-3-5-11(6-4-10)13-8-2-7-12-9-13;;;/h1-6H3;3-6,9H,2,7-8H2,1H3;2*1H;/q;;;;+2/p-2. The molecule has 0 N–H and O–H groups in total. The van der Waals surface area contributed by atoms with Crippen LogP contribution in [0.1, 0.15) is 45.4 Å². The van der Waals surface area contributed by atoms with Crippen molar-refractivity contribution in [1.29, 1.82) is 0 Å². The first-order chi connectivity index (χ1) is 13.2. The molecule has 0 saturated carbocycles. The van der Waals surface area contributed by atoms with Gasteiger partial charge in [0.15, 0.2) is 0 Å². The molecule has 1 heterocycles. The molecule has 1 aliphatic heterocycles. The fraction of sp³-hybridized carbons (Fsp3) is 0.435. The molecule has 2 aromatic carbocycles. The van der Waals surface area contributed by atoms with Crippen molar-refractivity contribution in [3.63, 3.8) is 0 Å². The number of hydrogen-bond donors (Lipinski definition) is 0. The van der Waals surface area contributed by atoms with E-state index in [4.69, 9.17) is 19.4 Å². The normalized spacial score (nSPS) is 12.8. The maximum atomic E-state index is 4.85. The van der Waals surface area contributed by atoms with Crippen LogP contribution in [0.4, 0.5) is 5.69 Å². The zero-order chi connectivity index (χ0) is 21.3. The molecule has 0 bridgehead atoms. The summed E-state index contributed by atoms with van der Waals surface area (Å²) in [4.78, 5) is 6.46. The van der Waals surface area contributed by atoms with Crippen LogP contribution in [0.2, 0.25) is 0 Å². The number of halogens is 2. The predicted octanol–water partition coefficient (Wildman–Crippen LogP) is 7.15. The van der Waals surface area contributed by atoms with Gasteiger partial charge < -0.3 is 4.90 Å². The van der Waals surface area contributed by atoms with E-state index in [0.29, 0.717) is 0 Å². The van der Waals surface area contributed by atoms with Crippen LogP contribution in [0, 0.1) is 48.5 Å². The van der Waals surface area contributed by atoms with Crippen molar-refractivity contribution in [3.8, 4) is 0 Å². The number of hydrogen-bond acceptors (Lipinski definition) is 2. The van der Waals surface area contributed by atoms with E-state index in [1.807, 2.05) is 6.34 Å². The van der Waals surface area contributed by atoms with Gasteiger partial charge in [0.25, 0.3) is 0 Å². The molecule has 0 fully saturated rings. The molecule has 1 aliphatic rings. The van der Waals surface area contributed by atoms with Gasteiger partial charge in [0.05, 0.1) is 6.34 Å². The number of benzene rings is 2. The maximum absolute atomic E-state index is 4.85. The Morgan fingerprint density at radius 2 is 1.14 bits per heavy atom. The molecule has 5 heteroatoms. The number of anilines is 1. The van der Waals surface area contributed by atoms with Crippen molar-refractivity contribution >= 4 is 31.4 Å². The number of rotatable bonds is 1. The fourth-order valence-electron chi connectivity index (χ4n) is 3.17. The summed E-state index contributed by atoms with van der Waals surface area (Å²) in [6.07, 6.45) is 3.10. The average Bonchev–Trinajstić information content (AvgIpc) is 2.72. The van der Waals surface area contributed by atoms with E-state index < -0.39 is 0 Å². The molecule has 0 aromatic heterocycles. The Hall–Kier alpha value is -0.887. The SMILES string of the molecule is Cc1c(C)c(C)c(C)c(C)c1C.Cc1ccc(N2C=NCCC2)cc1.[Cl][Ru][Cl]. The van der Waals surface area contributed by atoms with Crippen LogP contribution in [-0.4, -0.2) is 19.4 Å². The van der Waals surface area contributed by atoms with Gasteiger partial charge >= 0.3 is 34.5 Å². The van der Waals surface area contributed by atoms with Gasteiger partial charge in [-0.3, -0.25) is 4.99 Å². The molecule has 0 amide bonds. The van der Waals surface area contributed by atoms with Crippen molar-refractivity contribution in [2.24, 2.45) is 4.99 Å². The minimum absolute atomic E-state index is 0.346. The van der Waals surface area contributed by atoms with Gasteiger partial charge in [-0.1, -0.05) is 17.7 Å². The molecule has 28 heavy (non-hydrogen) atoms. The summed E-state index contributed by atoms with van der Waals surface area (Å²) in [6, 6.07) is 8.56. The molecule has 2 nitrogen and oxygen atoms in total. The molecule has 0 spiro atoms. The van der Waals surface area contributed by atoms with E-state index in [-0.39, 0.29) is 15.1 Å². The summed E-state index contributed by atoms with van der Waals surface area (Å²) in [5.74, 6) is 0. The van der Waals surface area contributed by atoms with E-state index in [0.717, 1.165) is 19.5 Å². The molecule has 0 atom stereocenters. The van der Waals surface area contributed by atoms with Crippen LogP contribution < -0.4 is 4.90 Å². The summed E-state index contributed by atoms with van der Waals surface area (Å²) in [6.45, 7) is 17.4. The summed E-state index contributed by atoms with van der Waals surface area (Å²) < 4.78 is 0. The van der Waals surface area contributed by atoms with E-state index in [9.17, 15) is 0 Å². The third-order valence-corrected chi connectivity index (χ3v) is 5.65. The van der Waals surface area contributed by atoms with E-state index >= 15 is 0 Å². The monoisotopic (exact) mass is 508 g/mol. The van der Waals surface area contributed by atoms with Gasteiger partial charge in [0.1, 0.15) is 0 Å². The first-order valence-electron chi connectivity index (χ1n) is 9.46. The minimum atomic E-state index is -0.346. The summed E-state index contributed by atoms with van der Waals surface area (Å²) in [7, 11) is 9.71. The second-order valence-electron chi connectivity index (χ2n) is 7.20. The van der Waals surface area contributed by atoms with Crippen molar-refractivity contribution in [2.45, 2.75) is 54.9 Å². The Labute approximate surface area is 187 Å². The second-order valence-corrected chi connectivity index (χ2v) is 9.84. The predicted molar refractivity (Wildman–Crippen MR) is 123 cm³/mol. The first kappa shape index (κ1) is 25.2. The average molecular weight is 508 g/mol. The molecule has 0 aliphatic carbocycles. The van der Waals surface area contributed by atoms with Crippen LogP contribution in [0.15, 0.2) is 29.3 Å². The molecule has 2 aromatic rings. The van der Waals surface area contributed by atoms with Gasteiger partial charge in [-0.2, -0.15) is 0 Å².